The molecule has 0 saturated heterocycles. The highest BCUT2D eigenvalue weighted by molar-refractivity contribution is 9.10. The van der Waals surface area contributed by atoms with E-state index in [1.54, 1.807) is 0 Å². The summed E-state index contributed by atoms with van der Waals surface area (Å²) in [5.74, 6) is 2.92. The van der Waals surface area contributed by atoms with Crippen molar-refractivity contribution < 1.29 is 4.74 Å². The van der Waals surface area contributed by atoms with Crippen LogP contribution in [-0.4, -0.2) is 6.10 Å². The van der Waals surface area contributed by atoms with Gasteiger partial charge in [-0.25, -0.2) is 0 Å². The topological polar surface area (TPSA) is 9.23 Å². The molecule has 0 N–H and O–H groups in total. The van der Waals surface area contributed by atoms with E-state index in [0.717, 1.165) is 40.5 Å². The molecule has 0 bridgehead atoms. The van der Waals surface area contributed by atoms with E-state index in [4.69, 9.17) is 16.3 Å². The normalized spacial score (nSPS) is 28.1. The van der Waals surface area contributed by atoms with Gasteiger partial charge in [-0.05, 0) is 53.1 Å². The quantitative estimate of drug-likeness (QED) is 0.675. The van der Waals surface area contributed by atoms with Crippen LogP contribution < -0.4 is 4.74 Å². The molecule has 1 fully saturated rings. The van der Waals surface area contributed by atoms with Gasteiger partial charge in [0.15, 0.2) is 0 Å². The van der Waals surface area contributed by atoms with E-state index in [2.05, 4.69) is 29.8 Å². The van der Waals surface area contributed by atoms with Gasteiger partial charge in [0.25, 0.3) is 0 Å². The third kappa shape index (κ3) is 3.42. The maximum Gasteiger partial charge on any atom is 0.138 e. The van der Waals surface area contributed by atoms with E-state index in [0.29, 0.717) is 12.0 Å². The zero-order chi connectivity index (χ0) is 13.1. The predicted octanol–water partition coefficient (Wildman–Crippen LogP) is 5.39. The molecule has 100 valence electrons. The molecule has 1 aliphatic carbocycles. The van der Waals surface area contributed by atoms with Crippen molar-refractivity contribution in [1.82, 2.24) is 0 Å². The van der Waals surface area contributed by atoms with Gasteiger partial charge < -0.3 is 4.74 Å². The smallest absolute Gasteiger partial charge is 0.138 e. The van der Waals surface area contributed by atoms with Crippen molar-refractivity contribution in [2.45, 2.75) is 45.1 Å². The number of ether oxygens (including phenoxy) is 1. The Hall–Kier alpha value is -0.210. The Morgan fingerprint density at radius 1 is 1.22 bits per heavy atom. The first-order valence-corrected chi connectivity index (χ1v) is 7.93. The molecule has 0 aliphatic heterocycles. The zero-order valence-electron chi connectivity index (χ0n) is 11.0. The van der Waals surface area contributed by atoms with Crippen molar-refractivity contribution in [3.63, 3.8) is 0 Å². The number of rotatable bonds is 3. The van der Waals surface area contributed by atoms with Crippen molar-refractivity contribution >= 4 is 27.5 Å². The second-order valence-corrected chi connectivity index (χ2v) is 6.64. The van der Waals surface area contributed by atoms with Crippen molar-refractivity contribution in [2.75, 3.05) is 0 Å². The monoisotopic (exact) mass is 330 g/mol. The molecule has 18 heavy (non-hydrogen) atoms. The average Bonchev–Trinajstić information content (AvgIpc) is 2.30. The lowest BCUT2D eigenvalue weighted by molar-refractivity contribution is 0.0996. The van der Waals surface area contributed by atoms with Crippen LogP contribution in [0.25, 0.3) is 0 Å². The van der Waals surface area contributed by atoms with E-state index < -0.39 is 0 Å². The molecule has 1 nitrogen and oxygen atoms in total. The molecular weight excluding hydrogens is 312 g/mol. The van der Waals surface area contributed by atoms with Crippen LogP contribution >= 0.6 is 27.5 Å². The number of hydrogen-bond donors (Lipinski definition) is 0. The van der Waals surface area contributed by atoms with Crippen LogP contribution in [0.1, 0.15) is 38.7 Å². The Balaban J connectivity index is 2.13. The number of alkyl halides is 1. The minimum absolute atomic E-state index is 0.324. The van der Waals surface area contributed by atoms with Crippen LogP contribution in [0.15, 0.2) is 22.7 Å². The van der Waals surface area contributed by atoms with Gasteiger partial charge in [-0.3, -0.25) is 0 Å². The predicted molar refractivity (Wildman–Crippen MR) is 80.3 cm³/mol. The number of para-hydroxylation sites is 1. The maximum absolute atomic E-state index is 6.22. The minimum atomic E-state index is 0.324. The van der Waals surface area contributed by atoms with E-state index in [-0.39, 0.29) is 0 Å². The van der Waals surface area contributed by atoms with Crippen molar-refractivity contribution in [3.05, 3.63) is 28.2 Å². The second kappa shape index (κ2) is 6.29. The van der Waals surface area contributed by atoms with E-state index in [1.807, 2.05) is 18.2 Å². The van der Waals surface area contributed by atoms with Crippen molar-refractivity contribution in [1.29, 1.82) is 0 Å². The fourth-order valence-corrected chi connectivity index (χ4v) is 3.64. The van der Waals surface area contributed by atoms with E-state index in [1.165, 1.54) is 6.42 Å². The molecule has 2 rings (SSSR count). The van der Waals surface area contributed by atoms with Crippen LogP contribution in [0, 0.1) is 11.8 Å². The fourth-order valence-electron chi connectivity index (χ4n) is 2.93. The number of benzene rings is 1. The Kier molecular flexibility index (Phi) is 4.97. The first kappa shape index (κ1) is 14.2. The van der Waals surface area contributed by atoms with Gasteiger partial charge in [0, 0.05) is 5.56 Å². The van der Waals surface area contributed by atoms with Crippen molar-refractivity contribution in [3.8, 4) is 5.75 Å². The van der Waals surface area contributed by atoms with Crippen LogP contribution in [0.2, 0.25) is 0 Å². The third-order valence-corrected chi connectivity index (χ3v) is 4.52. The van der Waals surface area contributed by atoms with E-state index in [9.17, 15) is 0 Å². The van der Waals surface area contributed by atoms with Gasteiger partial charge in [0.05, 0.1) is 16.5 Å². The summed E-state index contributed by atoms with van der Waals surface area (Å²) in [6.07, 6.45) is 3.93. The summed E-state index contributed by atoms with van der Waals surface area (Å²) in [6, 6.07) is 6.05. The summed E-state index contributed by atoms with van der Waals surface area (Å²) in [4.78, 5) is 0. The highest BCUT2D eigenvalue weighted by Crippen LogP contribution is 2.36. The highest BCUT2D eigenvalue weighted by atomic mass is 79.9. The zero-order valence-corrected chi connectivity index (χ0v) is 13.3. The summed E-state index contributed by atoms with van der Waals surface area (Å²) >= 11 is 9.54. The highest BCUT2D eigenvalue weighted by Gasteiger charge is 2.26. The van der Waals surface area contributed by atoms with Crippen LogP contribution in [-0.2, 0) is 5.88 Å². The van der Waals surface area contributed by atoms with Gasteiger partial charge in [-0.2, -0.15) is 0 Å². The van der Waals surface area contributed by atoms with Gasteiger partial charge in [-0.15, -0.1) is 11.6 Å². The molecular formula is C15H20BrClO. The van der Waals surface area contributed by atoms with Gasteiger partial charge in [-0.1, -0.05) is 26.0 Å². The Morgan fingerprint density at radius 3 is 2.50 bits per heavy atom. The Bertz CT molecular complexity index is 397. The summed E-state index contributed by atoms with van der Waals surface area (Å²) in [6.45, 7) is 4.63. The summed E-state index contributed by atoms with van der Waals surface area (Å²) in [5, 5.41) is 0. The molecule has 1 saturated carbocycles. The standard InChI is InChI=1S/C15H20BrClO/c1-10-6-11(2)8-13(7-10)18-15-12(9-17)4-3-5-14(15)16/h3-5,10-11,13H,6-9H2,1-2H3. The molecule has 2 atom stereocenters. The SMILES string of the molecule is CC1CC(C)CC(Oc2c(Br)cccc2CCl)C1. The molecule has 2 unspecified atom stereocenters. The molecule has 0 radical (unpaired) electrons. The molecule has 0 aromatic heterocycles. The average molecular weight is 332 g/mol. The van der Waals surface area contributed by atoms with Gasteiger partial charge in [0.1, 0.15) is 5.75 Å². The lowest BCUT2D eigenvalue weighted by Crippen LogP contribution is -2.28. The Morgan fingerprint density at radius 2 is 1.89 bits per heavy atom. The summed E-state index contributed by atoms with van der Waals surface area (Å²) in [5.41, 5.74) is 1.07. The molecule has 0 amide bonds. The Labute approximate surface area is 123 Å². The first-order valence-electron chi connectivity index (χ1n) is 6.60. The number of hydrogen-bond acceptors (Lipinski definition) is 1. The summed E-state index contributed by atoms with van der Waals surface area (Å²) in [7, 11) is 0. The van der Waals surface area contributed by atoms with Crippen LogP contribution in [0.3, 0.4) is 0 Å². The minimum Gasteiger partial charge on any atom is -0.489 e. The molecule has 3 heteroatoms. The molecule has 0 heterocycles. The number of halogens is 2. The molecule has 1 aliphatic rings. The first-order chi connectivity index (χ1) is 8.60. The largest absolute Gasteiger partial charge is 0.489 e. The third-order valence-electron chi connectivity index (χ3n) is 3.61. The van der Waals surface area contributed by atoms with E-state index >= 15 is 0 Å². The lowest BCUT2D eigenvalue weighted by atomic mass is 9.82. The molecule has 0 spiro atoms. The maximum atomic E-state index is 6.22. The second-order valence-electron chi connectivity index (χ2n) is 5.52. The van der Waals surface area contributed by atoms with Gasteiger partial charge in [0.2, 0.25) is 0 Å². The molecule has 1 aromatic carbocycles. The summed E-state index contributed by atoms with van der Waals surface area (Å²) < 4.78 is 7.22. The van der Waals surface area contributed by atoms with Crippen molar-refractivity contribution in [2.24, 2.45) is 11.8 Å². The van der Waals surface area contributed by atoms with Crippen LogP contribution in [0.5, 0.6) is 5.75 Å². The lowest BCUT2D eigenvalue weighted by Gasteiger charge is -2.32. The van der Waals surface area contributed by atoms with Crippen LogP contribution in [0.4, 0.5) is 0 Å². The molecule has 1 aromatic rings. The van der Waals surface area contributed by atoms with Gasteiger partial charge >= 0.3 is 0 Å². The fraction of sp³-hybridized carbons (Fsp3) is 0.600.